The molecule has 0 saturated carbocycles. The number of hydrogen-bond donors (Lipinski definition) is 1. The summed E-state index contributed by atoms with van der Waals surface area (Å²) in [7, 11) is -3.34. The van der Waals surface area contributed by atoms with E-state index < -0.39 is 38.2 Å². The number of hydrogen-bond acceptors (Lipinski definition) is 5. The van der Waals surface area contributed by atoms with E-state index in [9.17, 15) is 22.0 Å². The number of carbonyl (C=O) groups is 1. The van der Waals surface area contributed by atoms with Crippen molar-refractivity contribution in [1.82, 2.24) is 0 Å². The second kappa shape index (κ2) is 10.6. The Hall–Kier alpha value is -3.17. The van der Waals surface area contributed by atoms with Crippen molar-refractivity contribution in [2.75, 3.05) is 18.4 Å². The molecule has 0 radical (unpaired) electrons. The molecule has 33 heavy (non-hydrogen) atoms. The average Bonchev–Trinajstić information content (AvgIpc) is 2.79. The summed E-state index contributed by atoms with van der Waals surface area (Å²) < 4.78 is 67.4. The molecule has 176 valence electrons. The van der Waals surface area contributed by atoms with Crippen molar-refractivity contribution in [3.63, 3.8) is 0 Å². The van der Waals surface area contributed by atoms with Crippen LogP contribution in [0.2, 0.25) is 5.02 Å². The van der Waals surface area contributed by atoms with Gasteiger partial charge in [-0.2, -0.15) is 0 Å². The number of cyclic esters (lactones) is 1. The lowest BCUT2D eigenvalue weighted by atomic mass is 9.99. The van der Waals surface area contributed by atoms with E-state index in [4.69, 9.17) is 21.1 Å². The first-order valence-electron chi connectivity index (χ1n) is 9.67. The predicted molar refractivity (Wildman–Crippen MR) is 124 cm³/mol. The Morgan fingerprint density at radius 3 is 2.36 bits per heavy atom. The van der Waals surface area contributed by atoms with Crippen LogP contribution in [0.5, 0.6) is 5.75 Å². The first-order chi connectivity index (χ1) is 15.6. The highest BCUT2D eigenvalue weighted by Gasteiger charge is 2.27. The third-order valence-electron chi connectivity index (χ3n) is 4.49. The largest absolute Gasteiger partial charge is 0.494 e. The van der Waals surface area contributed by atoms with Crippen LogP contribution in [0, 0.1) is 11.6 Å². The minimum absolute atomic E-state index is 0.141. The molecule has 2 aromatic rings. The molecule has 0 atom stereocenters. The lowest BCUT2D eigenvalue weighted by Gasteiger charge is -2.15. The minimum Gasteiger partial charge on any atom is -0.494 e. The number of rotatable bonds is 3. The van der Waals surface area contributed by atoms with E-state index in [0.29, 0.717) is 6.07 Å². The predicted octanol–water partition coefficient (Wildman–Crippen LogP) is 5.75. The number of sulfonamides is 1. The number of anilines is 1. The zero-order valence-electron chi connectivity index (χ0n) is 18.2. The molecule has 4 bridgehead atoms. The SMILES string of the molecule is C=C/C1=C(\C=C)c2cc(c(F)cc2F)NS(=O)(=O)c2cc(cc(Cl)c2OC)C(=O)OC1.CC. The molecular formula is C23H22ClF2NO5S. The third-order valence-corrected chi connectivity index (χ3v) is 6.14. The second-order valence-electron chi connectivity index (χ2n) is 6.33. The lowest BCUT2D eigenvalue weighted by molar-refractivity contribution is 0.0543. The molecule has 0 amide bonds. The Morgan fingerprint density at radius 2 is 1.79 bits per heavy atom. The van der Waals surface area contributed by atoms with Crippen LogP contribution in [0.4, 0.5) is 14.5 Å². The van der Waals surface area contributed by atoms with Crippen molar-refractivity contribution in [1.29, 1.82) is 0 Å². The van der Waals surface area contributed by atoms with E-state index in [0.717, 1.165) is 12.1 Å². The summed E-state index contributed by atoms with van der Waals surface area (Å²) in [5.41, 5.74) is -0.485. The number of carbonyl (C=O) groups excluding carboxylic acids is 1. The molecule has 1 heterocycles. The van der Waals surface area contributed by atoms with Gasteiger partial charge in [-0.25, -0.2) is 22.0 Å². The minimum atomic E-state index is -4.52. The summed E-state index contributed by atoms with van der Waals surface area (Å²) in [5, 5.41) is -0.182. The standard InChI is InChI=1S/C21H16ClF2NO5S.C2H6/c1-4-11-10-30-21(26)12-6-15(22)20(29-3)19(7-12)31(27,28)25-18-8-14(13(11)5-2)16(23)9-17(18)24;1-2/h4-9,25H,1-2,10H2,3H3;1-2H3/b13-11-;. The Bertz CT molecular complexity index is 1260. The second-order valence-corrected chi connectivity index (χ2v) is 8.39. The van der Waals surface area contributed by atoms with Crippen LogP contribution in [0.1, 0.15) is 29.8 Å². The quantitative estimate of drug-likeness (QED) is 0.546. The van der Waals surface area contributed by atoms with E-state index in [1.165, 1.54) is 25.3 Å². The molecule has 2 aromatic carbocycles. The van der Waals surface area contributed by atoms with Crippen molar-refractivity contribution < 1.29 is 31.5 Å². The first-order valence-corrected chi connectivity index (χ1v) is 11.5. The number of fused-ring (bicyclic) bond motifs is 4. The highest BCUT2D eigenvalue weighted by Crippen LogP contribution is 2.36. The monoisotopic (exact) mass is 497 g/mol. The maximum absolute atomic E-state index is 14.6. The van der Waals surface area contributed by atoms with Gasteiger partial charge in [0.2, 0.25) is 0 Å². The van der Waals surface area contributed by atoms with Crippen LogP contribution < -0.4 is 9.46 Å². The van der Waals surface area contributed by atoms with Crippen LogP contribution in [0.25, 0.3) is 5.57 Å². The third kappa shape index (κ3) is 5.26. The lowest BCUT2D eigenvalue weighted by Crippen LogP contribution is -2.17. The van der Waals surface area contributed by atoms with Crippen molar-refractivity contribution in [2.45, 2.75) is 18.7 Å². The molecule has 1 N–H and O–H groups in total. The number of allylic oxidation sites excluding steroid dienone is 2. The maximum atomic E-state index is 14.6. The molecule has 0 spiro atoms. The van der Waals surface area contributed by atoms with Gasteiger partial charge in [-0.05, 0) is 29.3 Å². The molecule has 6 nitrogen and oxygen atoms in total. The molecule has 3 rings (SSSR count). The van der Waals surface area contributed by atoms with E-state index in [2.05, 4.69) is 17.9 Å². The van der Waals surface area contributed by atoms with Gasteiger partial charge in [0, 0.05) is 11.6 Å². The fourth-order valence-corrected chi connectivity index (χ4v) is 4.63. The van der Waals surface area contributed by atoms with E-state index in [-0.39, 0.29) is 39.7 Å². The van der Waals surface area contributed by atoms with Crippen LogP contribution in [0.3, 0.4) is 0 Å². The van der Waals surface area contributed by atoms with Gasteiger partial charge >= 0.3 is 5.97 Å². The highest BCUT2D eigenvalue weighted by molar-refractivity contribution is 7.92. The smallest absolute Gasteiger partial charge is 0.338 e. The van der Waals surface area contributed by atoms with E-state index >= 15 is 0 Å². The zero-order valence-corrected chi connectivity index (χ0v) is 19.7. The number of halogens is 3. The molecular weight excluding hydrogens is 476 g/mol. The number of esters is 1. The molecule has 0 saturated heterocycles. The maximum Gasteiger partial charge on any atom is 0.338 e. The van der Waals surface area contributed by atoms with Gasteiger partial charge in [-0.15, -0.1) is 0 Å². The van der Waals surface area contributed by atoms with Crippen LogP contribution in [-0.2, 0) is 14.8 Å². The first kappa shape index (κ1) is 26.1. The molecule has 10 heteroatoms. The summed E-state index contributed by atoms with van der Waals surface area (Å²) in [6.07, 6.45) is 2.59. The van der Waals surface area contributed by atoms with Crippen LogP contribution in [0.15, 0.2) is 60.0 Å². The van der Waals surface area contributed by atoms with Gasteiger partial charge in [-0.3, -0.25) is 4.72 Å². The average molecular weight is 498 g/mol. The van der Waals surface area contributed by atoms with Gasteiger partial charge in [0.05, 0.1) is 23.4 Å². The summed E-state index contributed by atoms with van der Waals surface area (Å²) in [6.45, 7) is 10.9. The van der Waals surface area contributed by atoms with Gasteiger partial charge in [0.25, 0.3) is 10.0 Å². The van der Waals surface area contributed by atoms with Gasteiger partial charge < -0.3 is 9.47 Å². The summed E-state index contributed by atoms with van der Waals surface area (Å²) in [6, 6.07) is 3.67. The summed E-state index contributed by atoms with van der Waals surface area (Å²) in [5.74, 6) is -3.30. The van der Waals surface area contributed by atoms with E-state index in [1.807, 2.05) is 13.8 Å². The van der Waals surface area contributed by atoms with Crippen molar-refractivity contribution >= 4 is 38.9 Å². The molecule has 0 fully saturated rings. The zero-order chi connectivity index (χ0) is 24.9. The molecule has 0 aliphatic carbocycles. The Labute approximate surface area is 196 Å². The summed E-state index contributed by atoms with van der Waals surface area (Å²) >= 11 is 6.10. The van der Waals surface area contributed by atoms with Gasteiger partial charge in [0.15, 0.2) is 5.75 Å². The number of methoxy groups -OCH3 is 1. The van der Waals surface area contributed by atoms with E-state index in [1.54, 1.807) is 0 Å². The fraction of sp³-hybridized carbons (Fsp3) is 0.174. The normalized spacial score (nSPS) is 17.0. The van der Waals surface area contributed by atoms with Crippen LogP contribution in [-0.4, -0.2) is 28.1 Å². The number of benzene rings is 2. The highest BCUT2D eigenvalue weighted by atomic mass is 35.5. The fourth-order valence-electron chi connectivity index (χ4n) is 3.00. The van der Waals surface area contributed by atoms with Gasteiger partial charge in [0.1, 0.15) is 23.1 Å². The number of nitrogens with one attached hydrogen (secondary N) is 1. The Balaban J connectivity index is 0.00000187. The Morgan fingerprint density at radius 1 is 1.12 bits per heavy atom. The molecule has 0 aromatic heterocycles. The topological polar surface area (TPSA) is 81.7 Å². The summed E-state index contributed by atoms with van der Waals surface area (Å²) in [4.78, 5) is 12.0. The van der Waals surface area contributed by atoms with Crippen molar-refractivity contribution in [2.24, 2.45) is 0 Å². The van der Waals surface area contributed by atoms with Crippen molar-refractivity contribution in [3.8, 4) is 5.75 Å². The van der Waals surface area contributed by atoms with Crippen LogP contribution >= 0.6 is 11.6 Å². The van der Waals surface area contributed by atoms with Crippen molar-refractivity contribution in [3.05, 3.63) is 82.9 Å². The Kier molecular flexibility index (Phi) is 8.40. The number of ether oxygens (including phenoxy) is 2. The molecule has 1 aliphatic rings. The van der Waals surface area contributed by atoms with Gasteiger partial charge in [-0.1, -0.05) is 50.8 Å². The molecule has 0 unspecified atom stereocenters. The molecule has 1 aliphatic heterocycles.